The number of rotatable bonds is 37. The van der Waals surface area contributed by atoms with Gasteiger partial charge in [0.05, 0.1) is 36.7 Å². The molecule has 0 saturated carbocycles. The second-order valence-electron chi connectivity index (χ2n) is 19.4. The van der Waals surface area contributed by atoms with E-state index in [-0.39, 0.29) is 73.2 Å². The molecule has 0 bridgehead atoms. The number of amides is 4. The van der Waals surface area contributed by atoms with E-state index in [1.807, 2.05) is 27.7 Å². The number of nitrogens with one attached hydrogen (secondary N) is 6. The smallest absolute Gasteiger partial charge is 0.224 e. The first-order valence-corrected chi connectivity index (χ1v) is 25.2. The predicted octanol–water partition coefficient (Wildman–Crippen LogP) is 7.70. The second-order valence-corrected chi connectivity index (χ2v) is 19.4. The number of hydrogen-bond donors (Lipinski definition) is 6. The van der Waals surface area contributed by atoms with Gasteiger partial charge in [-0.1, -0.05) is 139 Å². The molecule has 6 N–H and O–H groups in total. The molecule has 7 atom stereocenters. The minimum atomic E-state index is -1.05. The molecular weight excluding hydrogens is 837 g/mol. The zero-order chi connectivity index (χ0) is 49.0. The van der Waals surface area contributed by atoms with Crippen molar-refractivity contribution in [2.45, 2.75) is 202 Å². The lowest BCUT2D eigenvalue weighted by atomic mass is 9.84. The van der Waals surface area contributed by atoms with Gasteiger partial charge in [-0.2, -0.15) is 0 Å². The highest BCUT2D eigenvalue weighted by Crippen LogP contribution is 2.22. The fraction of sp³-hybridized carbons (Fsp3) is 0.745. The standard InChI is InChI=1S/C51H86N8O7/c1-10-12-13-14-15-16-17-18-19-20-21-22-23-24-46(63)58-48(36(7)11-2)45(62)29-41(34(3)4)51(66)57-42(28-40-31-54-33-56-40)43(60)25-37(8)49(64)59-47(35(5)6)44(61)27-38(50(65)52-9)26-39-30-53-32-55-39/h30-38,41-42,47-48H,10-29H2,1-9H3,(H,52,65)(H,53,55)(H,54,56)(H,57,66)(H,58,63)(H,59,64)/t36-,37+,38+,41-,42-,47-,48-/m0/s1. The normalized spacial score (nSPS) is 14.7. The van der Waals surface area contributed by atoms with Crippen molar-refractivity contribution in [3.8, 4) is 0 Å². The fourth-order valence-electron chi connectivity index (χ4n) is 8.38. The van der Waals surface area contributed by atoms with Gasteiger partial charge >= 0.3 is 0 Å². The number of carbonyl (C=O) groups is 7. The fourth-order valence-corrected chi connectivity index (χ4v) is 8.38. The number of H-pyrrole nitrogens is 2. The van der Waals surface area contributed by atoms with E-state index in [1.54, 1.807) is 33.2 Å². The molecule has 0 aliphatic heterocycles. The molecule has 0 aromatic carbocycles. The Bertz CT molecular complexity index is 1730. The van der Waals surface area contributed by atoms with Gasteiger partial charge in [-0.05, 0) is 24.2 Å². The Morgan fingerprint density at radius 1 is 0.561 bits per heavy atom. The Hall–Kier alpha value is -4.69. The summed E-state index contributed by atoms with van der Waals surface area (Å²) in [6.07, 6.45) is 22.8. The van der Waals surface area contributed by atoms with Crippen LogP contribution in [-0.4, -0.2) is 86.1 Å². The molecule has 2 aromatic rings. The average molecular weight is 923 g/mol. The van der Waals surface area contributed by atoms with Crippen LogP contribution >= 0.6 is 0 Å². The van der Waals surface area contributed by atoms with Crippen LogP contribution in [0.15, 0.2) is 25.0 Å². The summed E-state index contributed by atoms with van der Waals surface area (Å²) in [5.41, 5.74) is 1.29. The van der Waals surface area contributed by atoms with E-state index in [0.29, 0.717) is 24.2 Å². The Kier molecular flexibility index (Phi) is 27.9. The topological polar surface area (TPSA) is 225 Å². The lowest BCUT2D eigenvalue weighted by molar-refractivity contribution is -0.136. The highest BCUT2D eigenvalue weighted by Gasteiger charge is 2.35. The Morgan fingerprint density at radius 2 is 1.09 bits per heavy atom. The van der Waals surface area contributed by atoms with Crippen LogP contribution in [0.2, 0.25) is 0 Å². The molecule has 0 aliphatic rings. The van der Waals surface area contributed by atoms with Crippen LogP contribution in [0.1, 0.15) is 182 Å². The van der Waals surface area contributed by atoms with Crippen molar-refractivity contribution in [3.63, 3.8) is 0 Å². The van der Waals surface area contributed by atoms with Gasteiger partial charge in [0.1, 0.15) is 0 Å². The third-order valence-corrected chi connectivity index (χ3v) is 13.0. The third kappa shape index (κ3) is 21.7. The molecular formula is C51H86N8O7. The molecule has 0 fully saturated rings. The van der Waals surface area contributed by atoms with Crippen molar-refractivity contribution in [2.24, 2.45) is 35.5 Å². The number of aromatic nitrogens is 4. The maximum atomic E-state index is 14.1. The Labute approximate surface area is 395 Å². The molecule has 2 rings (SSSR count). The van der Waals surface area contributed by atoms with Crippen LogP contribution in [0.25, 0.3) is 0 Å². The summed E-state index contributed by atoms with van der Waals surface area (Å²) in [6.45, 7) is 15.0. The van der Waals surface area contributed by atoms with E-state index in [2.05, 4.69) is 48.1 Å². The first-order valence-electron chi connectivity index (χ1n) is 25.2. The van der Waals surface area contributed by atoms with E-state index in [9.17, 15) is 33.6 Å². The summed E-state index contributed by atoms with van der Waals surface area (Å²) >= 11 is 0. The number of hydrogen-bond acceptors (Lipinski definition) is 9. The molecule has 2 heterocycles. The van der Waals surface area contributed by atoms with Crippen LogP contribution in [0.3, 0.4) is 0 Å². The minimum Gasteiger partial charge on any atom is -0.359 e. The SMILES string of the molecule is CCCCCCCCCCCCCCCC(=O)N[C@H](C(=O)C[C@H](C(=O)N[C@@H](Cc1cnc[nH]1)C(=O)C[C@@H](C)C(=O)N[C@H](C(=O)C[C@@H](Cc1cnc[nH]1)C(=O)NC)C(C)C)C(C)C)[C@@H](C)CC. The van der Waals surface area contributed by atoms with Gasteiger partial charge in [0, 0.05) is 81.2 Å². The molecule has 0 aliphatic carbocycles. The summed E-state index contributed by atoms with van der Waals surface area (Å²) in [4.78, 5) is 109. The number of unbranched alkanes of at least 4 members (excludes halogenated alkanes) is 12. The zero-order valence-electron chi connectivity index (χ0n) is 41.9. The van der Waals surface area contributed by atoms with Crippen molar-refractivity contribution in [2.75, 3.05) is 7.05 Å². The number of aromatic amines is 2. The van der Waals surface area contributed by atoms with E-state index in [1.165, 1.54) is 83.9 Å². The number of carbonyl (C=O) groups excluding carboxylic acids is 7. The molecule has 15 nitrogen and oxygen atoms in total. The quantitative estimate of drug-likeness (QED) is 0.0365. The van der Waals surface area contributed by atoms with Crippen molar-refractivity contribution in [1.29, 1.82) is 0 Å². The molecule has 0 spiro atoms. The largest absolute Gasteiger partial charge is 0.359 e. The molecule has 4 amide bonds. The first kappa shape index (κ1) is 57.4. The summed E-state index contributed by atoms with van der Waals surface area (Å²) in [7, 11) is 1.50. The number of imidazole rings is 2. The number of Topliss-reactive ketones (excluding diaryl/α,β-unsaturated/α-hetero) is 3. The second kappa shape index (κ2) is 32.1. The molecule has 0 radical (unpaired) electrons. The molecule has 15 heteroatoms. The Morgan fingerprint density at radius 3 is 1.58 bits per heavy atom. The van der Waals surface area contributed by atoms with Gasteiger partial charge < -0.3 is 31.2 Å². The molecule has 372 valence electrons. The average Bonchev–Trinajstić information content (AvgIpc) is 4.01. The van der Waals surface area contributed by atoms with Gasteiger partial charge in [-0.25, -0.2) is 9.97 Å². The van der Waals surface area contributed by atoms with Crippen molar-refractivity contribution >= 4 is 41.0 Å². The highest BCUT2D eigenvalue weighted by molar-refractivity contribution is 5.97. The van der Waals surface area contributed by atoms with E-state index < -0.39 is 53.5 Å². The van der Waals surface area contributed by atoms with Gasteiger partial charge in [0.15, 0.2) is 17.3 Å². The zero-order valence-corrected chi connectivity index (χ0v) is 41.9. The summed E-state index contributed by atoms with van der Waals surface area (Å²) in [5, 5.41) is 11.3. The van der Waals surface area contributed by atoms with Gasteiger partial charge in [0.2, 0.25) is 23.6 Å². The maximum absolute atomic E-state index is 14.1. The van der Waals surface area contributed by atoms with Gasteiger partial charge in [-0.15, -0.1) is 0 Å². The van der Waals surface area contributed by atoms with Crippen LogP contribution in [-0.2, 0) is 46.4 Å². The van der Waals surface area contributed by atoms with Crippen LogP contribution < -0.4 is 21.3 Å². The van der Waals surface area contributed by atoms with Crippen molar-refractivity contribution in [1.82, 2.24) is 41.2 Å². The van der Waals surface area contributed by atoms with E-state index >= 15 is 0 Å². The summed E-state index contributed by atoms with van der Waals surface area (Å²) in [5.74, 6) is -5.44. The monoisotopic (exact) mass is 923 g/mol. The molecule has 66 heavy (non-hydrogen) atoms. The molecule has 0 unspecified atom stereocenters. The van der Waals surface area contributed by atoms with Crippen molar-refractivity contribution in [3.05, 3.63) is 36.4 Å². The van der Waals surface area contributed by atoms with Crippen LogP contribution in [0, 0.1) is 35.5 Å². The van der Waals surface area contributed by atoms with Crippen LogP contribution in [0.4, 0.5) is 0 Å². The number of nitrogens with zero attached hydrogens (tertiary/aromatic N) is 2. The Balaban J connectivity index is 2.03. The summed E-state index contributed by atoms with van der Waals surface area (Å²) in [6, 6.07) is -2.70. The van der Waals surface area contributed by atoms with E-state index in [4.69, 9.17) is 0 Å². The van der Waals surface area contributed by atoms with Gasteiger partial charge in [-0.3, -0.25) is 33.6 Å². The maximum Gasteiger partial charge on any atom is 0.224 e. The highest BCUT2D eigenvalue weighted by atomic mass is 16.2. The minimum absolute atomic E-state index is 0.0761. The van der Waals surface area contributed by atoms with Crippen LogP contribution in [0.5, 0.6) is 0 Å². The van der Waals surface area contributed by atoms with E-state index in [0.717, 1.165) is 19.3 Å². The lowest BCUT2D eigenvalue weighted by Gasteiger charge is -2.28. The number of ketones is 3. The first-order chi connectivity index (χ1) is 31.5. The molecule has 0 saturated heterocycles. The third-order valence-electron chi connectivity index (χ3n) is 13.0. The lowest BCUT2D eigenvalue weighted by Crippen LogP contribution is -2.50. The molecule has 2 aromatic heterocycles. The van der Waals surface area contributed by atoms with Crippen molar-refractivity contribution < 1.29 is 33.6 Å². The predicted molar refractivity (Wildman–Crippen MR) is 259 cm³/mol. The summed E-state index contributed by atoms with van der Waals surface area (Å²) < 4.78 is 0. The van der Waals surface area contributed by atoms with Gasteiger partial charge in [0.25, 0.3) is 0 Å².